The van der Waals surface area contributed by atoms with E-state index in [4.69, 9.17) is 4.74 Å². The maximum Gasteiger partial charge on any atom is 0.121 e. The van der Waals surface area contributed by atoms with Crippen LogP contribution in [0.2, 0.25) is 0 Å². The van der Waals surface area contributed by atoms with Gasteiger partial charge in [0.2, 0.25) is 0 Å². The van der Waals surface area contributed by atoms with E-state index in [0.717, 1.165) is 23.4 Å². The molecule has 1 atom stereocenters. The van der Waals surface area contributed by atoms with Gasteiger partial charge in [0.25, 0.3) is 0 Å². The molecular weight excluding hydrogens is 262 g/mol. The van der Waals surface area contributed by atoms with E-state index in [1.807, 2.05) is 38.1 Å². The lowest BCUT2D eigenvalue weighted by Crippen LogP contribution is -2.18. The number of hydrogen-bond donors (Lipinski definition) is 2. The molecule has 0 saturated carbocycles. The zero-order chi connectivity index (χ0) is 15.4. The van der Waals surface area contributed by atoms with Crippen LogP contribution in [-0.4, -0.2) is 12.2 Å². The molecule has 0 aromatic heterocycles. The molecule has 3 heteroatoms. The van der Waals surface area contributed by atoms with E-state index >= 15 is 0 Å². The summed E-state index contributed by atoms with van der Waals surface area (Å²) in [5.74, 6) is 1.26. The molecule has 0 bridgehead atoms. The normalized spacial score (nSPS) is 12.2. The molecule has 0 amide bonds. The summed E-state index contributed by atoms with van der Waals surface area (Å²) < 4.78 is 5.17. The minimum atomic E-state index is 0.255. The van der Waals surface area contributed by atoms with Gasteiger partial charge in [-0.15, -0.1) is 0 Å². The first-order valence-corrected chi connectivity index (χ1v) is 7.17. The van der Waals surface area contributed by atoms with Crippen LogP contribution in [0.3, 0.4) is 0 Å². The van der Waals surface area contributed by atoms with Gasteiger partial charge in [0.15, 0.2) is 0 Å². The van der Waals surface area contributed by atoms with Crippen molar-refractivity contribution in [3.63, 3.8) is 0 Å². The summed E-state index contributed by atoms with van der Waals surface area (Å²) in [5.41, 5.74) is 4.25. The van der Waals surface area contributed by atoms with Crippen molar-refractivity contribution in [1.29, 1.82) is 0 Å². The largest absolute Gasteiger partial charge is 0.507 e. The van der Waals surface area contributed by atoms with Gasteiger partial charge in [0, 0.05) is 12.6 Å². The highest BCUT2D eigenvalue weighted by Gasteiger charge is 2.07. The van der Waals surface area contributed by atoms with Crippen LogP contribution in [0.4, 0.5) is 0 Å². The van der Waals surface area contributed by atoms with E-state index < -0.39 is 0 Å². The molecule has 0 aliphatic carbocycles. The summed E-state index contributed by atoms with van der Waals surface area (Å²) in [6, 6.07) is 12.4. The maximum atomic E-state index is 9.80. The first-order valence-electron chi connectivity index (χ1n) is 7.17. The molecule has 0 radical (unpaired) electrons. The Labute approximate surface area is 126 Å². The molecule has 2 aromatic carbocycles. The van der Waals surface area contributed by atoms with Gasteiger partial charge >= 0.3 is 0 Å². The summed E-state index contributed by atoms with van der Waals surface area (Å²) in [6.45, 7) is 6.77. The number of hydrogen-bond acceptors (Lipinski definition) is 3. The number of ether oxygens (including phenoxy) is 1. The van der Waals surface area contributed by atoms with Crippen molar-refractivity contribution in [1.82, 2.24) is 5.32 Å². The maximum absolute atomic E-state index is 9.80. The fourth-order valence-electron chi connectivity index (χ4n) is 2.43. The molecule has 2 rings (SSSR count). The average Bonchev–Trinajstić information content (AvgIpc) is 2.50. The van der Waals surface area contributed by atoms with Crippen molar-refractivity contribution in [2.75, 3.05) is 7.11 Å². The standard InChI is InChI=1S/C18H23NO2/c1-12-9-15(10-13(2)18(12)20)11-19-14(3)16-5-7-17(21-4)8-6-16/h5-10,14,19-20H,11H2,1-4H3. The van der Waals surface area contributed by atoms with E-state index in [1.165, 1.54) is 11.1 Å². The molecule has 2 N–H and O–H groups in total. The summed E-state index contributed by atoms with van der Waals surface area (Å²) in [5, 5.41) is 13.3. The summed E-state index contributed by atoms with van der Waals surface area (Å²) >= 11 is 0. The Kier molecular flexibility index (Phi) is 4.86. The Bertz CT molecular complexity index is 582. The molecule has 21 heavy (non-hydrogen) atoms. The topological polar surface area (TPSA) is 41.5 Å². The van der Waals surface area contributed by atoms with Crippen molar-refractivity contribution < 1.29 is 9.84 Å². The number of rotatable bonds is 5. The lowest BCUT2D eigenvalue weighted by atomic mass is 10.0. The molecule has 1 unspecified atom stereocenters. The Morgan fingerprint density at radius 1 is 1.10 bits per heavy atom. The van der Waals surface area contributed by atoms with Crippen molar-refractivity contribution in [2.45, 2.75) is 33.4 Å². The van der Waals surface area contributed by atoms with Gasteiger partial charge in [-0.1, -0.05) is 24.3 Å². The van der Waals surface area contributed by atoms with Crippen LogP contribution in [0.1, 0.15) is 35.2 Å². The minimum absolute atomic E-state index is 0.255. The highest BCUT2D eigenvalue weighted by Crippen LogP contribution is 2.23. The quantitative estimate of drug-likeness (QED) is 0.876. The second-order valence-corrected chi connectivity index (χ2v) is 5.45. The summed E-state index contributed by atoms with van der Waals surface area (Å²) in [4.78, 5) is 0. The van der Waals surface area contributed by atoms with Crippen molar-refractivity contribution >= 4 is 0 Å². The van der Waals surface area contributed by atoms with Crippen molar-refractivity contribution in [3.05, 3.63) is 58.7 Å². The molecular formula is C18H23NO2. The minimum Gasteiger partial charge on any atom is -0.507 e. The molecule has 0 fully saturated rings. The molecule has 0 aliphatic heterocycles. The zero-order valence-electron chi connectivity index (χ0n) is 13.1. The molecule has 0 spiro atoms. The van der Waals surface area contributed by atoms with Crippen LogP contribution in [-0.2, 0) is 6.54 Å². The fraction of sp³-hybridized carbons (Fsp3) is 0.333. The number of aryl methyl sites for hydroxylation is 2. The molecule has 2 aromatic rings. The predicted octanol–water partition coefficient (Wildman–Crippen LogP) is 3.87. The van der Waals surface area contributed by atoms with Crippen LogP contribution in [0, 0.1) is 13.8 Å². The third kappa shape index (κ3) is 3.76. The van der Waals surface area contributed by atoms with Crippen molar-refractivity contribution in [2.24, 2.45) is 0 Å². The van der Waals surface area contributed by atoms with Crippen LogP contribution in [0.15, 0.2) is 36.4 Å². The molecule has 112 valence electrons. The molecule has 0 aliphatic rings. The lowest BCUT2D eigenvalue weighted by molar-refractivity contribution is 0.414. The monoisotopic (exact) mass is 285 g/mol. The van der Waals surface area contributed by atoms with Gasteiger partial charge < -0.3 is 15.2 Å². The zero-order valence-corrected chi connectivity index (χ0v) is 13.1. The van der Waals surface area contributed by atoms with Crippen LogP contribution in [0.5, 0.6) is 11.5 Å². The van der Waals surface area contributed by atoms with E-state index in [2.05, 4.69) is 24.4 Å². The van der Waals surface area contributed by atoms with Gasteiger partial charge in [-0.25, -0.2) is 0 Å². The Hall–Kier alpha value is -2.00. The third-order valence-electron chi connectivity index (χ3n) is 3.78. The Balaban J connectivity index is 2.01. The van der Waals surface area contributed by atoms with Crippen LogP contribution >= 0.6 is 0 Å². The number of benzene rings is 2. The Morgan fingerprint density at radius 2 is 1.67 bits per heavy atom. The van der Waals surface area contributed by atoms with E-state index in [9.17, 15) is 5.11 Å². The van der Waals surface area contributed by atoms with Gasteiger partial charge in [0.1, 0.15) is 11.5 Å². The third-order valence-corrected chi connectivity index (χ3v) is 3.78. The predicted molar refractivity (Wildman–Crippen MR) is 85.8 cm³/mol. The number of nitrogens with one attached hydrogen (secondary N) is 1. The summed E-state index contributed by atoms with van der Waals surface area (Å²) in [7, 11) is 1.67. The Morgan fingerprint density at radius 3 is 2.19 bits per heavy atom. The smallest absolute Gasteiger partial charge is 0.121 e. The van der Waals surface area contributed by atoms with E-state index in [-0.39, 0.29) is 6.04 Å². The lowest BCUT2D eigenvalue weighted by Gasteiger charge is -2.16. The first kappa shape index (κ1) is 15.4. The number of aromatic hydroxyl groups is 1. The molecule has 3 nitrogen and oxygen atoms in total. The second kappa shape index (κ2) is 6.64. The highest BCUT2D eigenvalue weighted by molar-refractivity contribution is 5.42. The van der Waals surface area contributed by atoms with Crippen LogP contribution in [0.25, 0.3) is 0 Å². The molecule has 0 heterocycles. The fourth-order valence-corrected chi connectivity index (χ4v) is 2.43. The average molecular weight is 285 g/mol. The number of phenols is 1. The second-order valence-electron chi connectivity index (χ2n) is 5.45. The van der Waals surface area contributed by atoms with Crippen molar-refractivity contribution in [3.8, 4) is 11.5 Å². The van der Waals surface area contributed by atoms with E-state index in [1.54, 1.807) is 7.11 Å². The molecule has 0 saturated heterocycles. The SMILES string of the molecule is COc1ccc(C(C)NCc2cc(C)c(O)c(C)c2)cc1. The van der Waals surface area contributed by atoms with Crippen LogP contribution < -0.4 is 10.1 Å². The van der Waals surface area contributed by atoms with Gasteiger partial charge in [-0.05, 0) is 55.2 Å². The summed E-state index contributed by atoms with van der Waals surface area (Å²) in [6.07, 6.45) is 0. The number of methoxy groups -OCH3 is 1. The van der Waals surface area contributed by atoms with Gasteiger partial charge in [-0.2, -0.15) is 0 Å². The first-order chi connectivity index (χ1) is 10.0. The van der Waals surface area contributed by atoms with Gasteiger partial charge in [0.05, 0.1) is 7.11 Å². The van der Waals surface area contributed by atoms with E-state index in [0.29, 0.717) is 5.75 Å². The number of phenolic OH excluding ortho intramolecular Hbond substituents is 1. The highest BCUT2D eigenvalue weighted by atomic mass is 16.5. The van der Waals surface area contributed by atoms with Gasteiger partial charge in [-0.3, -0.25) is 0 Å².